The molecule has 9 nitrogen and oxygen atoms in total. The van der Waals surface area contributed by atoms with Gasteiger partial charge in [0.1, 0.15) is 19.3 Å². The van der Waals surface area contributed by atoms with Crippen LogP contribution < -0.4 is 10.2 Å². The van der Waals surface area contributed by atoms with Crippen LogP contribution in [0, 0.1) is 0 Å². The van der Waals surface area contributed by atoms with Gasteiger partial charge in [0.15, 0.2) is 0 Å². The second-order valence-electron chi connectivity index (χ2n) is 21.5. The van der Waals surface area contributed by atoms with Gasteiger partial charge in [0.05, 0.1) is 33.8 Å². The molecule has 0 aromatic carbocycles. The molecule has 0 saturated carbocycles. The van der Waals surface area contributed by atoms with Crippen LogP contribution in [0.1, 0.15) is 290 Å². The van der Waals surface area contributed by atoms with Gasteiger partial charge >= 0.3 is 5.97 Å². The lowest BCUT2D eigenvalue weighted by atomic mass is 10.0. The maximum absolute atomic E-state index is 13.5. The van der Waals surface area contributed by atoms with E-state index >= 15 is 0 Å². The summed E-state index contributed by atoms with van der Waals surface area (Å²) in [5.41, 5.74) is 0. The van der Waals surface area contributed by atoms with Gasteiger partial charge in [0, 0.05) is 12.8 Å². The minimum Gasteiger partial charge on any atom is -0.756 e. The lowest BCUT2D eigenvalue weighted by Crippen LogP contribution is -2.47. The smallest absolute Gasteiger partial charge is 0.306 e. The van der Waals surface area contributed by atoms with Crippen molar-refractivity contribution in [1.82, 2.24) is 5.32 Å². The number of esters is 1. The molecule has 0 rings (SSSR count). The van der Waals surface area contributed by atoms with Gasteiger partial charge < -0.3 is 28.5 Å². The van der Waals surface area contributed by atoms with Gasteiger partial charge in [-0.25, -0.2) is 0 Å². The van der Waals surface area contributed by atoms with Crippen LogP contribution in [0.5, 0.6) is 0 Å². The lowest BCUT2D eigenvalue weighted by molar-refractivity contribution is -0.870. The Labute approximate surface area is 428 Å². The number of quaternary nitrogens is 1. The molecule has 408 valence electrons. The van der Waals surface area contributed by atoms with E-state index in [0.29, 0.717) is 17.4 Å². The molecule has 0 aromatic heterocycles. The molecule has 0 fully saturated rings. The first-order valence-corrected chi connectivity index (χ1v) is 31.1. The van der Waals surface area contributed by atoms with Crippen LogP contribution in [0.3, 0.4) is 0 Å². The monoisotopic (exact) mass is 995 g/mol. The summed E-state index contributed by atoms with van der Waals surface area (Å²) >= 11 is 0. The largest absolute Gasteiger partial charge is 0.756 e. The first-order chi connectivity index (χ1) is 33.4. The number of likely N-dealkylation sites (N-methyl/N-ethyl adjacent to an activating group) is 1. The van der Waals surface area contributed by atoms with E-state index in [1.54, 1.807) is 0 Å². The predicted molar refractivity (Wildman–Crippen MR) is 293 cm³/mol. The maximum atomic E-state index is 13.5. The van der Waals surface area contributed by atoms with Crippen LogP contribution in [-0.4, -0.2) is 69.4 Å². The zero-order valence-electron chi connectivity index (χ0n) is 46.5. The molecule has 0 radical (unpaired) electrons. The molecule has 10 heteroatoms. The summed E-state index contributed by atoms with van der Waals surface area (Å²) in [6.45, 7) is 6.85. The summed E-state index contributed by atoms with van der Waals surface area (Å²) in [5.74, 6) is -0.546. The van der Waals surface area contributed by atoms with Crippen molar-refractivity contribution in [2.24, 2.45) is 0 Å². The Balaban J connectivity index is 5.32. The quantitative estimate of drug-likeness (QED) is 0.0212. The number of unbranched alkanes of at least 4 members (excludes halogenated alkanes) is 36. The molecule has 1 N–H and O–H groups in total. The van der Waals surface area contributed by atoms with Crippen molar-refractivity contribution in [3.63, 3.8) is 0 Å². The fraction of sp³-hybridized carbons (Fsp3) is 0.898. The molecule has 3 unspecified atom stereocenters. The van der Waals surface area contributed by atoms with Crippen molar-refractivity contribution >= 4 is 19.7 Å². The highest BCUT2D eigenvalue weighted by Crippen LogP contribution is 2.38. The summed E-state index contributed by atoms with van der Waals surface area (Å²) in [5, 5.41) is 3.02. The standard InChI is InChI=1S/C59H115N2O7P/c1-7-10-13-16-19-22-25-28-29-30-31-34-37-40-43-46-49-52-59(63)68-57(50-47-44-41-38-35-32-26-23-20-17-14-11-8-2)56(55-67-69(64,65)66-54-53-61(4,5)6)60-58(62)51-48-45-42-39-36-33-27-24-21-18-15-12-9-3/h33,36,47,50,56-57H,7-32,34-35,37-46,48-49,51-55H2,1-6H3,(H-,60,62,64,65)/b36-33-,50-47+. The predicted octanol–water partition coefficient (Wildman–Crippen LogP) is 17.1. The molecule has 0 spiro atoms. The number of hydrogen-bond acceptors (Lipinski definition) is 7. The van der Waals surface area contributed by atoms with Gasteiger partial charge in [0.25, 0.3) is 7.82 Å². The highest BCUT2D eigenvalue weighted by Gasteiger charge is 2.27. The molecule has 0 bridgehead atoms. The van der Waals surface area contributed by atoms with Crippen LogP contribution in [0.2, 0.25) is 0 Å². The molecular weight excluding hydrogens is 880 g/mol. The van der Waals surface area contributed by atoms with E-state index in [1.165, 1.54) is 186 Å². The normalized spacial score (nSPS) is 13.9. The van der Waals surface area contributed by atoms with Crippen molar-refractivity contribution in [1.29, 1.82) is 0 Å². The van der Waals surface area contributed by atoms with Crippen LogP contribution in [0.4, 0.5) is 0 Å². The minimum absolute atomic E-state index is 0.0217. The van der Waals surface area contributed by atoms with E-state index in [0.717, 1.165) is 70.6 Å². The molecule has 0 aliphatic carbocycles. The SMILES string of the molecule is CCCCCCCC/C=C\CCCCCC(=O)NC(COP(=O)([O-])OCC[N+](C)(C)C)C(/C=C/CCCCCCCCCCCCC)OC(=O)CCCCCCCCCCCCCCCCCCC. The van der Waals surface area contributed by atoms with E-state index in [1.807, 2.05) is 33.3 Å². The van der Waals surface area contributed by atoms with Crippen molar-refractivity contribution in [3.05, 3.63) is 24.3 Å². The third-order valence-corrected chi connectivity index (χ3v) is 14.3. The van der Waals surface area contributed by atoms with Crippen LogP contribution in [0.15, 0.2) is 24.3 Å². The molecule has 3 atom stereocenters. The Morgan fingerprint density at radius 3 is 1.25 bits per heavy atom. The topological polar surface area (TPSA) is 114 Å². The number of hydrogen-bond donors (Lipinski definition) is 1. The molecule has 0 aromatic rings. The molecule has 0 saturated heterocycles. The first kappa shape index (κ1) is 67.5. The Morgan fingerprint density at radius 2 is 0.841 bits per heavy atom. The molecule has 0 heterocycles. The number of rotatable bonds is 54. The van der Waals surface area contributed by atoms with E-state index in [-0.39, 0.29) is 31.5 Å². The average molecular weight is 996 g/mol. The zero-order chi connectivity index (χ0) is 50.8. The molecule has 69 heavy (non-hydrogen) atoms. The highest BCUT2D eigenvalue weighted by molar-refractivity contribution is 7.45. The summed E-state index contributed by atoms with van der Waals surface area (Å²) in [6.07, 6.45) is 57.1. The Bertz CT molecular complexity index is 1240. The lowest BCUT2D eigenvalue weighted by Gasteiger charge is -2.30. The third-order valence-electron chi connectivity index (χ3n) is 13.4. The Kier molecular flexibility index (Phi) is 48.9. The number of phosphoric acid groups is 1. The zero-order valence-corrected chi connectivity index (χ0v) is 47.4. The fourth-order valence-corrected chi connectivity index (χ4v) is 9.48. The van der Waals surface area contributed by atoms with Gasteiger partial charge in [-0.2, -0.15) is 0 Å². The summed E-state index contributed by atoms with van der Waals surface area (Å²) in [4.78, 5) is 39.8. The minimum atomic E-state index is -4.69. The van der Waals surface area contributed by atoms with E-state index < -0.39 is 20.0 Å². The second-order valence-corrected chi connectivity index (χ2v) is 22.9. The maximum Gasteiger partial charge on any atom is 0.306 e. The van der Waals surface area contributed by atoms with Gasteiger partial charge in [-0.05, 0) is 57.4 Å². The fourth-order valence-electron chi connectivity index (χ4n) is 8.75. The number of amides is 1. The second kappa shape index (κ2) is 50.0. The van der Waals surface area contributed by atoms with E-state index in [9.17, 15) is 19.0 Å². The molecule has 1 amide bonds. The van der Waals surface area contributed by atoms with Crippen molar-refractivity contribution in [2.75, 3.05) is 40.9 Å². The van der Waals surface area contributed by atoms with Gasteiger partial charge in [-0.15, -0.1) is 0 Å². The average Bonchev–Trinajstić information content (AvgIpc) is 3.31. The van der Waals surface area contributed by atoms with E-state index in [2.05, 4.69) is 38.2 Å². The van der Waals surface area contributed by atoms with Crippen LogP contribution in [0.25, 0.3) is 0 Å². The van der Waals surface area contributed by atoms with Crippen LogP contribution >= 0.6 is 7.82 Å². The number of nitrogens with zero attached hydrogens (tertiary/aromatic N) is 1. The van der Waals surface area contributed by atoms with Gasteiger partial charge in [-0.1, -0.05) is 244 Å². The summed E-state index contributed by atoms with van der Waals surface area (Å²) in [6, 6.07) is -0.889. The van der Waals surface area contributed by atoms with E-state index in [4.69, 9.17) is 13.8 Å². The van der Waals surface area contributed by atoms with Crippen LogP contribution in [-0.2, 0) is 27.9 Å². The number of nitrogens with one attached hydrogen (secondary N) is 1. The van der Waals surface area contributed by atoms with Crippen molar-refractivity contribution < 1.29 is 37.3 Å². The Morgan fingerprint density at radius 1 is 0.493 bits per heavy atom. The van der Waals surface area contributed by atoms with Gasteiger partial charge in [-0.3, -0.25) is 14.2 Å². The number of ether oxygens (including phenoxy) is 1. The molecule has 0 aliphatic rings. The number of carbonyl (C=O) groups excluding carboxylic acids is 2. The number of allylic oxidation sites excluding steroid dienone is 3. The van der Waals surface area contributed by atoms with Crippen molar-refractivity contribution in [3.8, 4) is 0 Å². The first-order valence-electron chi connectivity index (χ1n) is 29.6. The number of phosphoric ester groups is 1. The highest BCUT2D eigenvalue weighted by atomic mass is 31.2. The summed E-state index contributed by atoms with van der Waals surface area (Å²) in [7, 11) is 1.19. The number of carbonyl (C=O) groups is 2. The third kappa shape index (κ3) is 51.2. The van der Waals surface area contributed by atoms with Gasteiger partial charge in [0.2, 0.25) is 5.91 Å². The Hall–Kier alpha value is -1.51. The molecular formula is C59H115N2O7P. The summed E-state index contributed by atoms with van der Waals surface area (Å²) < 4.78 is 30.2. The van der Waals surface area contributed by atoms with Crippen molar-refractivity contribution in [2.45, 2.75) is 303 Å². The molecule has 0 aliphatic heterocycles.